The molecule has 0 radical (unpaired) electrons. The van der Waals surface area contributed by atoms with Crippen LogP contribution in [0.2, 0.25) is 5.02 Å². The third-order valence-corrected chi connectivity index (χ3v) is 4.01. The van der Waals surface area contributed by atoms with E-state index in [0.717, 1.165) is 9.92 Å². The molecule has 1 aromatic carbocycles. The van der Waals surface area contributed by atoms with Crippen molar-refractivity contribution in [1.82, 2.24) is 10.1 Å². The summed E-state index contributed by atoms with van der Waals surface area (Å²) in [5, 5.41) is 4.69. The second-order valence-electron chi connectivity index (χ2n) is 4.15. The first-order valence-electron chi connectivity index (χ1n) is 6.02. The van der Waals surface area contributed by atoms with Gasteiger partial charge in [-0.05, 0) is 43.3 Å². The summed E-state index contributed by atoms with van der Waals surface area (Å²) in [5.74, 6) is 1.63. The lowest BCUT2D eigenvalue weighted by atomic mass is 10.4. The molecule has 6 heteroatoms. The van der Waals surface area contributed by atoms with Crippen molar-refractivity contribution < 1.29 is 8.94 Å². The van der Waals surface area contributed by atoms with Crippen LogP contribution >= 0.6 is 23.4 Å². The molecule has 1 unspecified atom stereocenters. The van der Waals surface area contributed by atoms with Gasteiger partial charge < -0.3 is 8.94 Å². The van der Waals surface area contributed by atoms with E-state index >= 15 is 0 Å². The summed E-state index contributed by atoms with van der Waals surface area (Å²) in [6, 6.07) is 11.2. The molecule has 2 heterocycles. The van der Waals surface area contributed by atoms with Gasteiger partial charge in [-0.15, -0.1) is 11.8 Å². The number of rotatable bonds is 4. The standard InChI is InChI=1S/C14H11ClN2O2S/c1-9(20-11-6-4-10(15)5-7-11)14-16-13(17-19-14)12-3-2-8-18-12/h2-9H,1H3. The van der Waals surface area contributed by atoms with Crippen molar-refractivity contribution in [2.24, 2.45) is 0 Å². The Bertz CT molecular complexity index is 680. The molecule has 1 atom stereocenters. The Balaban J connectivity index is 1.74. The molecule has 0 saturated carbocycles. The molecule has 3 rings (SSSR count). The molecular weight excluding hydrogens is 296 g/mol. The minimum atomic E-state index is 0.0485. The molecule has 0 aliphatic heterocycles. The minimum absolute atomic E-state index is 0.0485. The van der Waals surface area contributed by atoms with Crippen LogP contribution < -0.4 is 0 Å². The van der Waals surface area contributed by atoms with Gasteiger partial charge in [0.15, 0.2) is 5.76 Å². The van der Waals surface area contributed by atoms with Gasteiger partial charge >= 0.3 is 0 Å². The second-order valence-corrected chi connectivity index (χ2v) is 6.00. The fraction of sp³-hybridized carbons (Fsp3) is 0.143. The summed E-state index contributed by atoms with van der Waals surface area (Å²) in [4.78, 5) is 5.44. The molecule has 0 N–H and O–H groups in total. The van der Waals surface area contributed by atoms with Crippen LogP contribution in [0.5, 0.6) is 0 Å². The first kappa shape index (κ1) is 13.3. The van der Waals surface area contributed by atoms with E-state index in [1.54, 1.807) is 30.2 Å². The molecule has 3 aromatic rings. The van der Waals surface area contributed by atoms with Crippen molar-refractivity contribution in [2.45, 2.75) is 17.1 Å². The number of hydrogen-bond donors (Lipinski definition) is 0. The lowest BCUT2D eigenvalue weighted by molar-refractivity contribution is 0.379. The summed E-state index contributed by atoms with van der Waals surface area (Å²) < 4.78 is 10.5. The molecule has 0 fully saturated rings. The maximum absolute atomic E-state index is 5.87. The number of benzene rings is 1. The van der Waals surface area contributed by atoms with E-state index in [0.29, 0.717) is 17.5 Å². The Morgan fingerprint density at radius 2 is 2.00 bits per heavy atom. The van der Waals surface area contributed by atoms with Crippen molar-refractivity contribution in [3.05, 3.63) is 53.6 Å². The van der Waals surface area contributed by atoms with E-state index in [1.165, 1.54) is 0 Å². The molecular formula is C14H11ClN2O2S. The van der Waals surface area contributed by atoms with Gasteiger partial charge in [-0.1, -0.05) is 16.8 Å². The zero-order valence-corrected chi connectivity index (χ0v) is 12.2. The number of hydrogen-bond acceptors (Lipinski definition) is 5. The zero-order valence-electron chi connectivity index (χ0n) is 10.6. The van der Waals surface area contributed by atoms with Crippen LogP contribution in [-0.4, -0.2) is 10.1 Å². The van der Waals surface area contributed by atoms with Crippen LogP contribution in [0.3, 0.4) is 0 Å². The van der Waals surface area contributed by atoms with E-state index in [-0.39, 0.29) is 5.25 Å². The van der Waals surface area contributed by atoms with E-state index < -0.39 is 0 Å². The number of nitrogens with zero attached hydrogens (tertiary/aromatic N) is 2. The Labute approximate surface area is 125 Å². The van der Waals surface area contributed by atoms with Crippen LogP contribution in [0.25, 0.3) is 11.6 Å². The monoisotopic (exact) mass is 306 g/mol. The maximum atomic E-state index is 5.87. The van der Waals surface area contributed by atoms with Gasteiger partial charge in [-0.2, -0.15) is 4.98 Å². The van der Waals surface area contributed by atoms with E-state index in [1.807, 2.05) is 31.2 Å². The largest absolute Gasteiger partial charge is 0.461 e. The van der Waals surface area contributed by atoms with Gasteiger partial charge in [0.2, 0.25) is 11.7 Å². The zero-order chi connectivity index (χ0) is 13.9. The van der Waals surface area contributed by atoms with Gasteiger partial charge in [-0.3, -0.25) is 0 Å². The third kappa shape index (κ3) is 2.89. The Hall–Kier alpha value is -1.72. The normalized spacial score (nSPS) is 12.5. The first-order valence-corrected chi connectivity index (χ1v) is 7.28. The summed E-state index contributed by atoms with van der Waals surface area (Å²) in [7, 11) is 0. The molecule has 0 spiro atoms. The highest BCUT2D eigenvalue weighted by molar-refractivity contribution is 7.99. The Morgan fingerprint density at radius 3 is 2.70 bits per heavy atom. The number of aromatic nitrogens is 2. The van der Waals surface area contributed by atoms with Gasteiger partial charge in [0.1, 0.15) is 0 Å². The van der Waals surface area contributed by atoms with Crippen molar-refractivity contribution in [2.75, 3.05) is 0 Å². The maximum Gasteiger partial charge on any atom is 0.240 e. The molecule has 4 nitrogen and oxygen atoms in total. The van der Waals surface area contributed by atoms with Crippen molar-refractivity contribution in [3.8, 4) is 11.6 Å². The van der Waals surface area contributed by atoms with Crippen LogP contribution in [0, 0.1) is 0 Å². The smallest absolute Gasteiger partial charge is 0.240 e. The van der Waals surface area contributed by atoms with E-state index in [9.17, 15) is 0 Å². The molecule has 0 amide bonds. The highest BCUT2D eigenvalue weighted by Crippen LogP contribution is 2.35. The molecule has 102 valence electrons. The average Bonchev–Trinajstić information content (AvgIpc) is 3.11. The molecule has 2 aromatic heterocycles. The van der Waals surface area contributed by atoms with Crippen molar-refractivity contribution >= 4 is 23.4 Å². The van der Waals surface area contributed by atoms with Crippen molar-refractivity contribution in [3.63, 3.8) is 0 Å². The minimum Gasteiger partial charge on any atom is -0.461 e. The fourth-order valence-corrected chi connectivity index (χ4v) is 2.70. The molecule has 20 heavy (non-hydrogen) atoms. The summed E-state index contributed by atoms with van der Waals surface area (Å²) in [6.45, 7) is 2.01. The van der Waals surface area contributed by atoms with Crippen LogP contribution in [0.1, 0.15) is 18.1 Å². The Morgan fingerprint density at radius 1 is 1.20 bits per heavy atom. The molecule has 0 aliphatic rings. The van der Waals surface area contributed by atoms with Crippen molar-refractivity contribution in [1.29, 1.82) is 0 Å². The van der Waals surface area contributed by atoms with Crippen LogP contribution in [-0.2, 0) is 0 Å². The average molecular weight is 307 g/mol. The second kappa shape index (κ2) is 5.73. The summed E-state index contributed by atoms with van der Waals surface area (Å²) in [5.41, 5.74) is 0. The quantitative estimate of drug-likeness (QED) is 0.646. The van der Waals surface area contributed by atoms with Gasteiger partial charge in [0, 0.05) is 9.92 Å². The van der Waals surface area contributed by atoms with Gasteiger partial charge in [0.25, 0.3) is 0 Å². The van der Waals surface area contributed by atoms with Crippen LogP contribution in [0.4, 0.5) is 0 Å². The molecule has 0 bridgehead atoms. The predicted octanol–water partition coefficient (Wildman–Crippen LogP) is 4.84. The van der Waals surface area contributed by atoms with E-state index in [4.69, 9.17) is 20.5 Å². The number of furan rings is 1. The number of thioether (sulfide) groups is 1. The topological polar surface area (TPSA) is 52.1 Å². The SMILES string of the molecule is CC(Sc1ccc(Cl)cc1)c1nc(-c2ccco2)no1. The highest BCUT2D eigenvalue weighted by atomic mass is 35.5. The number of halogens is 1. The molecule has 0 aliphatic carbocycles. The van der Waals surface area contributed by atoms with Gasteiger partial charge in [-0.25, -0.2) is 0 Å². The first-order chi connectivity index (χ1) is 9.72. The van der Waals surface area contributed by atoms with Crippen LogP contribution in [0.15, 0.2) is 56.5 Å². The summed E-state index contributed by atoms with van der Waals surface area (Å²) >= 11 is 7.50. The lowest BCUT2D eigenvalue weighted by Crippen LogP contribution is -1.88. The fourth-order valence-electron chi connectivity index (χ4n) is 1.67. The Kier molecular flexibility index (Phi) is 3.80. The lowest BCUT2D eigenvalue weighted by Gasteiger charge is -2.05. The highest BCUT2D eigenvalue weighted by Gasteiger charge is 2.17. The van der Waals surface area contributed by atoms with E-state index in [2.05, 4.69) is 10.1 Å². The van der Waals surface area contributed by atoms with Gasteiger partial charge in [0.05, 0.1) is 11.5 Å². The third-order valence-electron chi connectivity index (χ3n) is 2.66. The molecule has 0 saturated heterocycles. The summed E-state index contributed by atoms with van der Waals surface area (Å²) in [6.07, 6.45) is 1.58. The predicted molar refractivity (Wildman–Crippen MR) is 77.7 cm³/mol.